The van der Waals surface area contributed by atoms with Crippen LogP contribution in [-0.4, -0.2) is 13.2 Å². The summed E-state index contributed by atoms with van der Waals surface area (Å²) >= 11 is 1.79. The highest BCUT2D eigenvalue weighted by molar-refractivity contribution is 7.10. The van der Waals surface area contributed by atoms with Crippen LogP contribution in [-0.2, 0) is 0 Å². The molecule has 1 aromatic heterocycles. The molecule has 2 aromatic rings. The van der Waals surface area contributed by atoms with E-state index < -0.39 is 0 Å². The fourth-order valence-corrected chi connectivity index (χ4v) is 2.85. The van der Waals surface area contributed by atoms with Gasteiger partial charge >= 0.3 is 0 Å². The van der Waals surface area contributed by atoms with Gasteiger partial charge in [-0.2, -0.15) is 0 Å². The minimum Gasteiger partial charge on any atom is -0.494 e. The van der Waals surface area contributed by atoms with Crippen molar-refractivity contribution in [1.29, 1.82) is 0 Å². The van der Waals surface area contributed by atoms with E-state index in [0.29, 0.717) is 0 Å². The highest BCUT2D eigenvalue weighted by Crippen LogP contribution is 2.27. The van der Waals surface area contributed by atoms with Crippen LogP contribution in [0.25, 0.3) is 0 Å². The molecule has 3 heteroatoms. The zero-order chi connectivity index (χ0) is 13.5. The Morgan fingerprint density at radius 2 is 1.95 bits per heavy atom. The highest BCUT2D eigenvalue weighted by Gasteiger charge is 2.13. The predicted molar refractivity (Wildman–Crippen MR) is 82.1 cm³/mol. The molecule has 19 heavy (non-hydrogen) atoms. The van der Waals surface area contributed by atoms with Crippen LogP contribution in [0.2, 0.25) is 0 Å². The first-order valence-electron chi connectivity index (χ1n) is 6.84. The number of benzene rings is 1. The molecule has 1 heterocycles. The first-order chi connectivity index (χ1) is 9.35. The van der Waals surface area contributed by atoms with E-state index in [1.807, 2.05) is 0 Å². The van der Waals surface area contributed by atoms with Crippen molar-refractivity contribution in [3.8, 4) is 5.75 Å². The van der Waals surface area contributed by atoms with Crippen molar-refractivity contribution in [2.45, 2.75) is 26.3 Å². The lowest BCUT2D eigenvalue weighted by molar-refractivity contribution is 0.317. The van der Waals surface area contributed by atoms with Crippen LogP contribution in [0.1, 0.15) is 36.8 Å². The molecule has 2 nitrogen and oxygen atoms in total. The zero-order valence-electron chi connectivity index (χ0n) is 11.6. The number of ether oxygens (including phenoxy) is 1. The van der Waals surface area contributed by atoms with Crippen LogP contribution >= 0.6 is 11.3 Å². The molecule has 102 valence electrons. The van der Waals surface area contributed by atoms with E-state index >= 15 is 0 Å². The molecule has 0 aliphatic heterocycles. The fraction of sp³-hybridized carbons (Fsp3) is 0.375. The van der Waals surface area contributed by atoms with Crippen LogP contribution in [0.5, 0.6) is 5.75 Å². The molecule has 0 radical (unpaired) electrons. The zero-order valence-corrected chi connectivity index (χ0v) is 12.4. The van der Waals surface area contributed by atoms with Crippen molar-refractivity contribution >= 4 is 11.3 Å². The van der Waals surface area contributed by atoms with Gasteiger partial charge in [-0.25, -0.2) is 0 Å². The fourth-order valence-electron chi connectivity index (χ4n) is 2.02. The third-order valence-corrected chi connectivity index (χ3v) is 3.86. The number of thiophene rings is 1. The van der Waals surface area contributed by atoms with E-state index in [2.05, 4.69) is 60.9 Å². The van der Waals surface area contributed by atoms with Crippen molar-refractivity contribution in [2.24, 2.45) is 0 Å². The average Bonchev–Trinajstić information content (AvgIpc) is 2.97. The Labute approximate surface area is 119 Å². The number of hydrogen-bond acceptors (Lipinski definition) is 3. The van der Waals surface area contributed by atoms with Crippen LogP contribution < -0.4 is 10.1 Å². The van der Waals surface area contributed by atoms with Crippen molar-refractivity contribution < 1.29 is 4.74 Å². The lowest BCUT2D eigenvalue weighted by atomic mass is 10.1. The molecule has 0 spiro atoms. The minimum absolute atomic E-state index is 0.283. The summed E-state index contributed by atoms with van der Waals surface area (Å²) in [7, 11) is 0. The second-order valence-corrected chi connectivity index (χ2v) is 5.40. The maximum Gasteiger partial charge on any atom is 0.119 e. The first kappa shape index (κ1) is 14.1. The number of rotatable bonds is 7. The molecule has 0 bridgehead atoms. The molecule has 0 aliphatic carbocycles. The van der Waals surface area contributed by atoms with Crippen molar-refractivity contribution in [3.63, 3.8) is 0 Å². The van der Waals surface area contributed by atoms with Crippen LogP contribution in [0.15, 0.2) is 41.8 Å². The number of nitrogens with one attached hydrogen (secondary N) is 1. The summed E-state index contributed by atoms with van der Waals surface area (Å²) in [5.74, 6) is 0.951. The summed E-state index contributed by atoms with van der Waals surface area (Å²) < 4.78 is 5.62. The minimum atomic E-state index is 0.283. The molecular formula is C16H21NOS. The molecule has 1 aromatic carbocycles. The first-order valence-corrected chi connectivity index (χ1v) is 7.72. The lowest BCUT2D eigenvalue weighted by Gasteiger charge is -2.17. The van der Waals surface area contributed by atoms with Gasteiger partial charge in [0, 0.05) is 4.88 Å². The summed E-state index contributed by atoms with van der Waals surface area (Å²) in [4.78, 5) is 1.35. The van der Waals surface area contributed by atoms with Gasteiger partial charge in [0.2, 0.25) is 0 Å². The average molecular weight is 275 g/mol. The summed E-state index contributed by atoms with van der Waals surface area (Å²) in [6.07, 6.45) is 1.04. The van der Waals surface area contributed by atoms with Crippen molar-refractivity contribution in [1.82, 2.24) is 5.32 Å². The van der Waals surface area contributed by atoms with E-state index in [1.165, 1.54) is 10.4 Å². The normalized spacial score (nSPS) is 12.3. The van der Waals surface area contributed by atoms with E-state index in [-0.39, 0.29) is 6.04 Å². The van der Waals surface area contributed by atoms with Gasteiger partial charge in [-0.3, -0.25) is 0 Å². The van der Waals surface area contributed by atoms with Gasteiger partial charge in [0.15, 0.2) is 0 Å². The van der Waals surface area contributed by atoms with E-state index in [1.54, 1.807) is 11.3 Å². The predicted octanol–water partition coefficient (Wildman–Crippen LogP) is 4.24. The van der Waals surface area contributed by atoms with E-state index in [9.17, 15) is 0 Å². The Morgan fingerprint density at radius 3 is 2.53 bits per heavy atom. The van der Waals surface area contributed by atoms with Crippen LogP contribution in [0.4, 0.5) is 0 Å². The Hall–Kier alpha value is -1.32. The van der Waals surface area contributed by atoms with Gasteiger partial charge in [-0.05, 0) is 42.1 Å². The van der Waals surface area contributed by atoms with Gasteiger partial charge in [0.25, 0.3) is 0 Å². The third-order valence-electron chi connectivity index (χ3n) is 2.92. The Balaban J connectivity index is 2.13. The standard InChI is InChI=1S/C16H21NOS/c1-3-11-18-14-9-7-13(8-10-14)16(17-4-2)15-6-5-12-19-15/h5-10,12,16-17H,3-4,11H2,1-2H3. The monoisotopic (exact) mass is 275 g/mol. The molecule has 2 rings (SSSR count). The molecule has 0 fully saturated rings. The largest absolute Gasteiger partial charge is 0.494 e. The molecule has 1 unspecified atom stereocenters. The molecule has 0 aliphatic rings. The van der Waals surface area contributed by atoms with Gasteiger partial charge in [0.05, 0.1) is 12.6 Å². The van der Waals surface area contributed by atoms with Gasteiger partial charge < -0.3 is 10.1 Å². The van der Waals surface area contributed by atoms with Crippen molar-refractivity contribution in [3.05, 3.63) is 52.2 Å². The van der Waals surface area contributed by atoms with Crippen LogP contribution in [0.3, 0.4) is 0 Å². The summed E-state index contributed by atoms with van der Waals surface area (Å²) in [6.45, 7) is 5.99. The Bertz CT molecular complexity index is 464. The SMILES string of the molecule is CCCOc1ccc(C(NCC)c2cccs2)cc1. The second-order valence-electron chi connectivity index (χ2n) is 4.42. The lowest BCUT2D eigenvalue weighted by Crippen LogP contribution is -2.20. The third kappa shape index (κ3) is 3.82. The molecule has 1 atom stereocenters. The van der Waals surface area contributed by atoms with E-state index in [4.69, 9.17) is 4.74 Å². The number of hydrogen-bond donors (Lipinski definition) is 1. The second kappa shape index (κ2) is 7.31. The molecule has 0 amide bonds. The van der Waals surface area contributed by atoms with Crippen molar-refractivity contribution in [2.75, 3.05) is 13.2 Å². The molecular weight excluding hydrogens is 254 g/mol. The Kier molecular flexibility index (Phi) is 5.43. The van der Waals surface area contributed by atoms with Gasteiger partial charge in [-0.1, -0.05) is 32.0 Å². The topological polar surface area (TPSA) is 21.3 Å². The van der Waals surface area contributed by atoms with E-state index in [0.717, 1.165) is 25.3 Å². The summed E-state index contributed by atoms with van der Waals surface area (Å²) in [5, 5.41) is 5.66. The summed E-state index contributed by atoms with van der Waals surface area (Å²) in [5.41, 5.74) is 1.29. The van der Waals surface area contributed by atoms with Crippen LogP contribution in [0, 0.1) is 0 Å². The van der Waals surface area contributed by atoms with Gasteiger partial charge in [0.1, 0.15) is 5.75 Å². The summed E-state index contributed by atoms with van der Waals surface area (Å²) in [6, 6.07) is 13.0. The highest BCUT2D eigenvalue weighted by atomic mass is 32.1. The maximum absolute atomic E-state index is 5.62. The molecule has 1 N–H and O–H groups in total. The Morgan fingerprint density at radius 1 is 1.16 bits per heavy atom. The van der Waals surface area contributed by atoms with Gasteiger partial charge in [-0.15, -0.1) is 11.3 Å². The maximum atomic E-state index is 5.62. The quantitative estimate of drug-likeness (QED) is 0.816. The molecule has 0 saturated carbocycles. The molecule has 0 saturated heterocycles. The smallest absolute Gasteiger partial charge is 0.119 e.